The van der Waals surface area contributed by atoms with Gasteiger partial charge < -0.3 is 0 Å². The molecule has 0 aliphatic carbocycles. The Morgan fingerprint density at radius 3 is 2.82 bits per heavy atom. The molecule has 0 saturated heterocycles. The average Bonchev–Trinajstić information content (AvgIpc) is 2.32. The first-order valence-electron chi connectivity index (χ1n) is 3.16. The second-order valence-electron chi connectivity index (χ2n) is 2.24. The minimum Gasteiger partial charge on any atom is -0.290 e. The Labute approximate surface area is 64.2 Å². The third-order valence-electron chi connectivity index (χ3n) is 1.61. The summed E-state index contributed by atoms with van der Waals surface area (Å²) >= 11 is 0. The van der Waals surface area contributed by atoms with E-state index in [1.54, 1.807) is 18.7 Å². The minimum atomic E-state index is -0.310. The molecule has 0 saturated carbocycles. The quantitative estimate of drug-likeness (QED) is 0.320. The number of nitrogens with one attached hydrogen (secondary N) is 1. The summed E-state index contributed by atoms with van der Waals surface area (Å²) in [5.74, 6) is 4.64. The van der Waals surface area contributed by atoms with E-state index in [0.717, 1.165) is 5.69 Å². The molecule has 1 rings (SSSR count). The van der Waals surface area contributed by atoms with Crippen molar-refractivity contribution < 1.29 is 4.79 Å². The van der Waals surface area contributed by atoms with Crippen molar-refractivity contribution >= 4 is 5.91 Å². The van der Waals surface area contributed by atoms with Crippen LogP contribution in [0.3, 0.4) is 0 Å². The van der Waals surface area contributed by atoms with Gasteiger partial charge in [0, 0.05) is 12.7 Å². The zero-order valence-corrected chi connectivity index (χ0v) is 6.46. The molecule has 0 atom stereocenters. The fraction of sp³-hybridized carbons (Fsp3) is 0.333. The van der Waals surface area contributed by atoms with Crippen molar-refractivity contribution in [3.8, 4) is 0 Å². The standard InChI is InChI=1S/C6H10N4O/c1-4-5(6(11)9-7)3-8-10(4)2/h3H,7H2,1-2H3,(H,9,11). The summed E-state index contributed by atoms with van der Waals surface area (Å²) in [6.07, 6.45) is 1.48. The molecule has 0 bridgehead atoms. The molecule has 11 heavy (non-hydrogen) atoms. The Balaban J connectivity index is 3.04. The third kappa shape index (κ3) is 1.22. The molecule has 3 N–H and O–H groups in total. The number of hydrogen-bond donors (Lipinski definition) is 2. The van der Waals surface area contributed by atoms with Crippen LogP contribution in [0.2, 0.25) is 0 Å². The summed E-state index contributed by atoms with van der Waals surface area (Å²) in [5, 5.41) is 3.89. The number of rotatable bonds is 1. The number of hydrogen-bond acceptors (Lipinski definition) is 3. The van der Waals surface area contributed by atoms with Crippen molar-refractivity contribution in [2.45, 2.75) is 6.92 Å². The summed E-state index contributed by atoms with van der Waals surface area (Å²) in [5.41, 5.74) is 3.35. The van der Waals surface area contributed by atoms with Crippen LogP contribution in [0.25, 0.3) is 0 Å². The Hall–Kier alpha value is -1.36. The number of hydrazine groups is 1. The van der Waals surface area contributed by atoms with Crippen molar-refractivity contribution in [1.29, 1.82) is 0 Å². The van der Waals surface area contributed by atoms with Gasteiger partial charge in [-0.15, -0.1) is 0 Å². The van der Waals surface area contributed by atoms with Gasteiger partial charge in [0.15, 0.2) is 0 Å². The van der Waals surface area contributed by atoms with E-state index in [4.69, 9.17) is 5.84 Å². The lowest BCUT2D eigenvalue weighted by Gasteiger charge is -1.97. The molecule has 0 spiro atoms. The van der Waals surface area contributed by atoms with Crippen molar-refractivity contribution in [2.75, 3.05) is 0 Å². The highest BCUT2D eigenvalue weighted by Gasteiger charge is 2.10. The van der Waals surface area contributed by atoms with Crippen molar-refractivity contribution in [3.05, 3.63) is 17.5 Å². The fourth-order valence-electron chi connectivity index (χ4n) is 0.799. The fourth-order valence-corrected chi connectivity index (χ4v) is 0.799. The molecule has 1 amide bonds. The first-order chi connectivity index (χ1) is 5.16. The summed E-state index contributed by atoms with van der Waals surface area (Å²) < 4.78 is 1.62. The van der Waals surface area contributed by atoms with Crippen LogP contribution in [0, 0.1) is 6.92 Å². The number of carbonyl (C=O) groups is 1. The molecular formula is C6H10N4O. The molecule has 0 aliphatic heterocycles. The largest absolute Gasteiger partial charge is 0.290 e. The zero-order chi connectivity index (χ0) is 8.43. The Kier molecular flexibility index (Phi) is 1.91. The molecule has 0 fully saturated rings. The van der Waals surface area contributed by atoms with Gasteiger partial charge in [-0.3, -0.25) is 14.9 Å². The number of carbonyl (C=O) groups excluding carboxylic acids is 1. The minimum absolute atomic E-state index is 0.310. The van der Waals surface area contributed by atoms with Gasteiger partial charge in [0.1, 0.15) is 0 Å². The van der Waals surface area contributed by atoms with Crippen LogP contribution in [-0.2, 0) is 7.05 Å². The second-order valence-corrected chi connectivity index (χ2v) is 2.24. The van der Waals surface area contributed by atoms with Gasteiger partial charge in [0.05, 0.1) is 11.8 Å². The summed E-state index contributed by atoms with van der Waals surface area (Å²) in [6, 6.07) is 0. The second kappa shape index (κ2) is 2.71. The van der Waals surface area contributed by atoms with Crippen molar-refractivity contribution in [1.82, 2.24) is 15.2 Å². The highest BCUT2D eigenvalue weighted by atomic mass is 16.2. The summed E-state index contributed by atoms with van der Waals surface area (Å²) in [4.78, 5) is 11.0. The topological polar surface area (TPSA) is 72.9 Å². The van der Waals surface area contributed by atoms with E-state index < -0.39 is 0 Å². The van der Waals surface area contributed by atoms with Gasteiger partial charge in [-0.2, -0.15) is 5.10 Å². The van der Waals surface area contributed by atoms with E-state index >= 15 is 0 Å². The molecule has 0 unspecified atom stereocenters. The van der Waals surface area contributed by atoms with Gasteiger partial charge in [0.2, 0.25) is 0 Å². The summed E-state index contributed by atoms with van der Waals surface area (Å²) in [6.45, 7) is 1.80. The summed E-state index contributed by atoms with van der Waals surface area (Å²) in [7, 11) is 1.77. The lowest BCUT2D eigenvalue weighted by atomic mass is 10.2. The monoisotopic (exact) mass is 154 g/mol. The van der Waals surface area contributed by atoms with Gasteiger partial charge in [-0.25, -0.2) is 5.84 Å². The van der Waals surface area contributed by atoms with Crippen LogP contribution in [-0.4, -0.2) is 15.7 Å². The van der Waals surface area contributed by atoms with E-state index in [-0.39, 0.29) is 5.91 Å². The molecular weight excluding hydrogens is 144 g/mol. The zero-order valence-electron chi connectivity index (χ0n) is 6.46. The maximum Gasteiger partial charge on any atom is 0.268 e. The van der Waals surface area contributed by atoms with Crippen LogP contribution < -0.4 is 11.3 Å². The first kappa shape index (κ1) is 7.74. The number of nitrogens with zero attached hydrogens (tertiary/aromatic N) is 2. The van der Waals surface area contributed by atoms with Crippen molar-refractivity contribution in [3.63, 3.8) is 0 Å². The van der Waals surface area contributed by atoms with Crippen LogP contribution in [0.5, 0.6) is 0 Å². The number of aromatic nitrogens is 2. The molecule has 60 valence electrons. The molecule has 1 heterocycles. The Morgan fingerprint density at radius 1 is 1.82 bits per heavy atom. The predicted molar refractivity (Wildman–Crippen MR) is 39.6 cm³/mol. The van der Waals surface area contributed by atoms with Crippen LogP contribution >= 0.6 is 0 Å². The highest BCUT2D eigenvalue weighted by Crippen LogP contribution is 2.03. The molecule has 1 aromatic rings. The van der Waals surface area contributed by atoms with E-state index in [1.165, 1.54) is 6.20 Å². The molecule has 0 aliphatic rings. The predicted octanol–water partition coefficient (Wildman–Crippen LogP) is -0.668. The molecule has 0 radical (unpaired) electrons. The third-order valence-corrected chi connectivity index (χ3v) is 1.61. The smallest absolute Gasteiger partial charge is 0.268 e. The maximum atomic E-state index is 11.0. The number of nitrogen functional groups attached to an aromatic ring is 1. The van der Waals surface area contributed by atoms with E-state index in [0.29, 0.717) is 5.56 Å². The number of aryl methyl sites for hydroxylation is 1. The maximum absolute atomic E-state index is 11.0. The van der Waals surface area contributed by atoms with Crippen LogP contribution in [0.4, 0.5) is 0 Å². The van der Waals surface area contributed by atoms with Gasteiger partial charge >= 0.3 is 0 Å². The number of nitrogens with two attached hydrogens (primary N) is 1. The Morgan fingerprint density at radius 2 is 2.45 bits per heavy atom. The van der Waals surface area contributed by atoms with Crippen LogP contribution in [0.15, 0.2) is 6.20 Å². The van der Waals surface area contributed by atoms with E-state index in [2.05, 4.69) is 5.10 Å². The van der Waals surface area contributed by atoms with Crippen LogP contribution in [0.1, 0.15) is 16.1 Å². The van der Waals surface area contributed by atoms with E-state index in [9.17, 15) is 4.79 Å². The molecule has 0 aromatic carbocycles. The SMILES string of the molecule is Cc1c(C(=O)NN)cnn1C. The normalized spacial score (nSPS) is 9.73. The molecule has 1 aromatic heterocycles. The molecule has 5 nitrogen and oxygen atoms in total. The molecule has 5 heteroatoms. The first-order valence-corrected chi connectivity index (χ1v) is 3.16. The average molecular weight is 154 g/mol. The Bertz CT molecular complexity index is 278. The van der Waals surface area contributed by atoms with E-state index in [1.807, 2.05) is 5.43 Å². The van der Waals surface area contributed by atoms with Gasteiger partial charge in [0.25, 0.3) is 5.91 Å². The van der Waals surface area contributed by atoms with Gasteiger partial charge in [-0.05, 0) is 6.92 Å². The lowest BCUT2D eigenvalue weighted by Crippen LogP contribution is -2.30. The number of amides is 1. The van der Waals surface area contributed by atoms with Crippen molar-refractivity contribution in [2.24, 2.45) is 12.9 Å². The lowest BCUT2D eigenvalue weighted by molar-refractivity contribution is 0.0953. The van der Waals surface area contributed by atoms with Gasteiger partial charge in [-0.1, -0.05) is 0 Å². The highest BCUT2D eigenvalue weighted by molar-refractivity contribution is 5.94.